The molecule has 1 aromatic carbocycles. The number of likely N-dealkylation sites (tertiary alicyclic amines) is 1. The van der Waals surface area contributed by atoms with Gasteiger partial charge in [-0.1, -0.05) is 18.2 Å². The summed E-state index contributed by atoms with van der Waals surface area (Å²) in [5.74, 6) is 1.20. The molecule has 0 spiro atoms. The van der Waals surface area contributed by atoms with E-state index in [4.69, 9.17) is 4.74 Å². The van der Waals surface area contributed by atoms with Crippen molar-refractivity contribution < 1.29 is 9.53 Å². The van der Waals surface area contributed by atoms with Gasteiger partial charge in [-0.05, 0) is 19.1 Å². The zero-order valence-corrected chi connectivity index (χ0v) is 11.9. The fourth-order valence-corrected chi connectivity index (χ4v) is 2.47. The van der Waals surface area contributed by atoms with E-state index >= 15 is 0 Å². The first-order valence-corrected chi connectivity index (χ1v) is 7.05. The van der Waals surface area contributed by atoms with E-state index in [1.807, 2.05) is 35.2 Å². The number of rotatable bonds is 5. The van der Waals surface area contributed by atoms with Crippen molar-refractivity contribution in [3.05, 3.63) is 43.0 Å². The third-order valence-corrected chi connectivity index (χ3v) is 3.58. The summed E-state index contributed by atoms with van der Waals surface area (Å²) in [6.07, 6.45) is 2.77. The maximum absolute atomic E-state index is 12.2. The van der Waals surface area contributed by atoms with Crippen molar-refractivity contribution in [2.24, 2.45) is 5.92 Å². The summed E-state index contributed by atoms with van der Waals surface area (Å²) < 4.78 is 7.46. The van der Waals surface area contributed by atoms with Gasteiger partial charge in [0.2, 0.25) is 0 Å². The Kier molecular flexibility index (Phi) is 3.85. The number of amides is 1. The molecule has 6 heteroatoms. The van der Waals surface area contributed by atoms with Gasteiger partial charge in [0.25, 0.3) is 5.91 Å². The average molecular weight is 286 g/mol. The van der Waals surface area contributed by atoms with E-state index in [1.54, 1.807) is 17.9 Å². The summed E-state index contributed by atoms with van der Waals surface area (Å²) in [5.41, 5.74) is 0. The average Bonchev–Trinajstić information content (AvgIpc) is 2.96. The molecule has 6 nitrogen and oxygen atoms in total. The molecule has 1 aliphatic heterocycles. The Morgan fingerprint density at radius 2 is 2.14 bits per heavy atom. The first-order chi connectivity index (χ1) is 10.2. The molecule has 1 atom stereocenters. The number of nitrogens with zero attached hydrogens (tertiary/aromatic N) is 4. The van der Waals surface area contributed by atoms with Crippen LogP contribution in [0, 0.1) is 5.92 Å². The summed E-state index contributed by atoms with van der Waals surface area (Å²) in [6, 6.07) is 9.42. The molecule has 3 rings (SSSR count). The van der Waals surface area contributed by atoms with Gasteiger partial charge < -0.3 is 9.64 Å². The van der Waals surface area contributed by atoms with Crippen molar-refractivity contribution in [1.82, 2.24) is 19.7 Å². The minimum Gasteiger partial charge on any atom is -0.481 e. The summed E-state index contributed by atoms with van der Waals surface area (Å²) >= 11 is 0. The predicted molar refractivity (Wildman–Crippen MR) is 76.6 cm³/mol. The number of ether oxygens (including phenoxy) is 1. The van der Waals surface area contributed by atoms with Gasteiger partial charge in [-0.15, -0.1) is 0 Å². The van der Waals surface area contributed by atoms with E-state index in [0.717, 1.165) is 25.4 Å². The highest BCUT2D eigenvalue weighted by Gasteiger charge is 2.33. The molecule has 0 saturated carbocycles. The Morgan fingerprint density at radius 3 is 2.81 bits per heavy atom. The lowest BCUT2D eigenvalue weighted by Gasteiger charge is -2.40. The third-order valence-electron chi connectivity index (χ3n) is 3.58. The van der Waals surface area contributed by atoms with Crippen molar-refractivity contribution in [3.8, 4) is 5.75 Å². The molecular formula is C15H18N4O2. The Morgan fingerprint density at radius 1 is 1.38 bits per heavy atom. The molecule has 2 heterocycles. The van der Waals surface area contributed by atoms with Gasteiger partial charge in [0.05, 0.1) is 0 Å². The largest absolute Gasteiger partial charge is 0.481 e. The second kappa shape index (κ2) is 5.95. The second-order valence-corrected chi connectivity index (χ2v) is 5.30. The summed E-state index contributed by atoms with van der Waals surface area (Å²) in [5, 5.41) is 4.08. The maximum atomic E-state index is 12.2. The molecule has 0 aliphatic carbocycles. The van der Waals surface area contributed by atoms with Gasteiger partial charge in [-0.25, -0.2) is 4.98 Å². The Bertz CT molecular complexity index is 579. The molecule has 21 heavy (non-hydrogen) atoms. The van der Waals surface area contributed by atoms with Crippen LogP contribution in [0.4, 0.5) is 0 Å². The molecule has 0 N–H and O–H groups in total. The van der Waals surface area contributed by atoms with Crippen LogP contribution in [0.5, 0.6) is 5.75 Å². The van der Waals surface area contributed by atoms with Gasteiger partial charge in [0.15, 0.2) is 6.10 Å². The highest BCUT2D eigenvalue weighted by molar-refractivity contribution is 5.81. The molecule has 110 valence electrons. The zero-order chi connectivity index (χ0) is 14.7. The maximum Gasteiger partial charge on any atom is 0.263 e. The SMILES string of the molecule is CC(Oc1ccccc1)C(=O)N1CC(Cn2cncn2)C1. The molecule has 1 aliphatic rings. The molecule has 2 aromatic rings. The molecule has 1 fully saturated rings. The number of aromatic nitrogens is 3. The molecule has 1 amide bonds. The summed E-state index contributed by atoms with van der Waals surface area (Å²) in [4.78, 5) is 18.0. The zero-order valence-electron chi connectivity index (χ0n) is 11.9. The van der Waals surface area contributed by atoms with Crippen molar-refractivity contribution >= 4 is 5.91 Å². The molecule has 1 saturated heterocycles. The number of carbonyl (C=O) groups is 1. The quantitative estimate of drug-likeness (QED) is 0.829. The van der Waals surface area contributed by atoms with Crippen molar-refractivity contribution in [3.63, 3.8) is 0 Å². The van der Waals surface area contributed by atoms with Crippen LogP contribution in [-0.2, 0) is 11.3 Å². The van der Waals surface area contributed by atoms with E-state index in [2.05, 4.69) is 10.1 Å². The fraction of sp³-hybridized carbons (Fsp3) is 0.400. The molecular weight excluding hydrogens is 268 g/mol. The van der Waals surface area contributed by atoms with E-state index in [1.165, 1.54) is 6.33 Å². The van der Waals surface area contributed by atoms with E-state index in [0.29, 0.717) is 5.92 Å². The first-order valence-electron chi connectivity index (χ1n) is 7.05. The Balaban J connectivity index is 1.46. The lowest BCUT2D eigenvalue weighted by molar-refractivity contribution is -0.144. The van der Waals surface area contributed by atoms with Crippen molar-refractivity contribution in [2.75, 3.05) is 13.1 Å². The van der Waals surface area contributed by atoms with Gasteiger partial charge in [-0.2, -0.15) is 5.10 Å². The molecule has 1 unspecified atom stereocenters. The van der Waals surface area contributed by atoms with Gasteiger partial charge in [0.1, 0.15) is 18.4 Å². The monoisotopic (exact) mass is 286 g/mol. The number of hydrogen-bond donors (Lipinski definition) is 0. The number of carbonyl (C=O) groups excluding carboxylic acids is 1. The Hall–Kier alpha value is -2.37. The van der Waals surface area contributed by atoms with Crippen LogP contribution in [0.25, 0.3) is 0 Å². The molecule has 1 aromatic heterocycles. The lowest BCUT2D eigenvalue weighted by Crippen LogP contribution is -2.54. The van der Waals surface area contributed by atoms with Crippen molar-refractivity contribution in [2.45, 2.75) is 19.6 Å². The van der Waals surface area contributed by atoms with E-state index in [9.17, 15) is 4.79 Å². The number of para-hydroxylation sites is 1. The minimum atomic E-state index is -0.459. The highest BCUT2D eigenvalue weighted by Crippen LogP contribution is 2.20. The van der Waals surface area contributed by atoms with E-state index < -0.39 is 6.10 Å². The van der Waals surface area contributed by atoms with Gasteiger partial charge in [-0.3, -0.25) is 9.48 Å². The summed E-state index contributed by atoms with van der Waals surface area (Å²) in [6.45, 7) is 4.10. The smallest absolute Gasteiger partial charge is 0.263 e. The molecule has 0 bridgehead atoms. The fourth-order valence-electron chi connectivity index (χ4n) is 2.47. The van der Waals surface area contributed by atoms with Crippen LogP contribution >= 0.6 is 0 Å². The second-order valence-electron chi connectivity index (χ2n) is 5.30. The van der Waals surface area contributed by atoms with Gasteiger partial charge in [0, 0.05) is 25.6 Å². The van der Waals surface area contributed by atoms with E-state index in [-0.39, 0.29) is 5.91 Å². The van der Waals surface area contributed by atoms with Crippen LogP contribution in [0.3, 0.4) is 0 Å². The van der Waals surface area contributed by atoms with Crippen LogP contribution < -0.4 is 4.74 Å². The van der Waals surface area contributed by atoms with Crippen LogP contribution in [0.2, 0.25) is 0 Å². The third kappa shape index (κ3) is 3.21. The summed E-state index contributed by atoms with van der Waals surface area (Å²) in [7, 11) is 0. The topological polar surface area (TPSA) is 60.2 Å². The highest BCUT2D eigenvalue weighted by atomic mass is 16.5. The minimum absolute atomic E-state index is 0.0358. The standard InChI is InChI=1S/C15H18N4O2/c1-12(21-14-5-3-2-4-6-14)15(20)18-7-13(8-18)9-19-11-16-10-17-19/h2-6,10-13H,7-9H2,1H3. The van der Waals surface area contributed by atoms with Crippen LogP contribution in [0.1, 0.15) is 6.92 Å². The predicted octanol–water partition coefficient (Wildman–Crippen LogP) is 1.20. The number of benzene rings is 1. The normalized spacial score (nSPS) is 16.3. The van der Waals surface area contributed by atoms with Crippen molar-refractivity contribution in [1.29, 1.82) is 0 Å². The van der Waals surface area contributed by atoms with Gasteiger partial charge >= 0.3 is 0 Å². The Labute approximate surface area is 123 Å². The molecule has 0 radical (unpaired) electrons. The lowest BCUT2D eigenvalue weighted by atomic mass is 9.99. The van der Waals surface area contributed by atoms with Crippen LogP contribution in [0.15, 0.2) is 43.0 Å². The number of hydrogen-bond acceptors (Lipinski definition) is 4. The first kappa shape index (κ1) is 13.6. The van der Waals surface area contributed by atoms with Crippen LogP contribution in [-0.4, -0.2) is 44.8 Å².